The Labute approximate surface area is 212 Å². The van der Waals surface area contributed by atoms with Crippen LogP contribution in [0.3, 0.4) is 0 Å². The molecule has 0 aliphatic rings. The summed E-state index contributed by atoms with van der Waals surface area (Å²) in [6.07, 6.45) is -4.78. The fourth-order valence-electron chi connectivity index (χ4n) is 3.32. The Morgan fingerprint density at radius 3 is 2.33 bits per heavy atom. The van der Waals surface area contributed by atoms with Gasteiger partial charge >= 0.3 is 6.18 Å². The summed E-state index contributed by atoms with van der Waals surface area (Å²) in [6, 6.07) is 9.97. The van der Waals surface area contributed by atoms with Gasteiger partial charge in [-0.3, -0.25) is 4.79 Å². The minimum Gasteiger partial charge on any atom is -0.497 e. The van der Waals surface area contributed by atoms with Crippen molar-refractivity contribution in [2.75, 3.05) is 12.4 Å². The van der Waals surface area contributed by atoms with Gasteiger partial charge in [-0.05, 0) is 49.4 Å². The predicted octanol–water partition coefficient (Wildman–Crippen LogP) is 5.46. The third-order valence-electron chi connectivity index (χ3n) is 4.97. The molecule has 188 valence electrons. The van der Waals surface area contributed by atoms with Crippen LogP contribution in [0.5, 0.6) is 5.75 Å². The maximum Gasteiger partial charge on any atom is 0.433 e. The number of methoxy groups -OCH3 is 1. The van der Waals surface area contributed by atoms with Gasteiger partial charge in [-0.2, -0.15) is 18.3 Å². The molecule has 4 rings (SSSR count). The Morgan fingerprint density at radius 2 is 1.72 bits per heavy atom. The lowest BCUT2D eigenvalue weighted by atomic mass is 10.3. The number of rotatable bonds is 5. The molecule has 0 saturated heterocycles. The lowest BCUT2D eigenvalue weighted by Gasteiger charge is -2.11. The third-order valence-corrected chi connectivity index (χ3v) is 7.32. The van der Waals surface area contributed by atoms with E-state index < -0.39 is 38.3 Å². The van der Waals surface area contributed by atoms with Crippen LogP contribution in [0.4, 0.5) is 18.9 Å². The van der Waals surface area contributed by atoms with Crippen LogP contribution in [0.25, 0.3) is 5.65 Å². The number of amides is 1. The standard InChI is InChI=1S/C22H15Cl2F3N4O4S/c1-11-7-17(22(25,26)27)31-20(28-11)18(24)19(30-31)21(32)29-13-8-14(35-2)10-16(9-13)36(33,34)15-5-3-12(23)4-6-15/h3-10H,1-2H3,(H,29,32). The van der Waals surface area contributed by atoms with Crippen molar-refractivity contribution in [2.24, 2.45) is 0 Å². The summed E-state index contributed by atoms with van der Waals surface area (Å²) in [7, 11) is -2.74. The lowest BCUT2D eigenvalue weighted by molar-refractivity contribution is -0.142. The number of anilines is 1. The molecule has 8 nitrogen and oxygen atoms in total. The molecule has 2 aromatic carbocycles. The molecule has 2 heterocycles. The summed E-state index contributed by atoms with van der Waals surface area (Å²) in [5.74, 6) is -0.891. The van der Waals surface area contributed by atoms with Gasteiger partial charge in [-0.25, -0.2) is 17.9 Å². The summed E-state index contributed by atoms with van der Waals surface area (Å²) >= 11 is 12.0. The fraction of sp³-hybridized carbons (Fsp3) is 0.136. The number of aromatic nitrogens is 3. The first-order chi connectivity index (χ1) is 16.8. The number of hydrogen-bond donors (Lipinski definition) is 1. The largest absolute Gasteiger partial charge is 0.497 e. The van der Waals surface area contributed by atoms with Crippen molar-refractivity contribution in [2.45, 2.75) is 22.9 Å². The van der Waals surface area contributed by atoms with Crippen LogP contribution in [0.15, 0.2) is 58.3 Å². The van der Waals surface area contributed by atoms with E-state index in [0.29, 0.717) is 9.54 Å². The number of sulfone groups is 1. The molecule has 2 aromatic heterocycles. The van der Waals surface area contributed by atoms with Crippen molar-refractivity contribution in [1.82, 2.24) is 14.6 Å². The molecular weight excluding hydrogens is 544 g/mol. The number of halogens is 5. The Bertz CT molecular complexity index is 1600. The smallest absolute Gasteiger partial charge is 0.433 e. The minimum atomic E-state index is -4.78. The van der Waals surface area contributed by atoms with Crippen LogP contribution in [0, 0.1) is 6.92 Å². The van der Waals surface area contributed by atoms with Crippen molar-refractivity contribution in [1.29, 1.82) is 0 Å². The van der Waals surface area contributed by atoms with E-state index in [9.17, 15) is 26.4 Å². The summed E-state index contributed by atoms with van der Waals surface area (Å²) < 4.78 is 72.2. The minimum absolute atomic E-state index is 0.0217. The monoisotopic (exact) mass is 558 g/mol. The Kier molecular flexibility index (Phi) is 6.62. The second-order valence-electron chi connectivity index (χ2n) is 7.49. The molecule has 0 radical (unpaired) electrons. The molecule has 0 fully saturated rings. The first-order valence-corrected chi connectivity index (χ1v) is 12.2. The molecule has 4 aromatic rings. The zero-order chi connectivity index (χ0) is 26.4. The first-order valence-electron chi connectivity index (χ1n) is 9.95. The number of aryl methyl sites for hydroxylation is 1. The molecule has 36 heavy (non-hydrogen) atoms. The van der Waals surface area contributed by atoms with E-state index in [4.69, 9.17) is 27.9 Å². The average molecular weight is 559 g/mol. The number of carbonyl (C=O) groups excluding carboxylic acids is 1. The van der Waals surface area contributed by atoms with Crippen LogP contribution in [0.2, 0.25) is 10.0 Å². The van der Waals surface area contributed by atoms with Crippen LogP contribution in [-0.2, 0) is 16.0 Å². The van der Waals surface area contributed by atoms with Crippen LogP contribution in [-0.4, -0.2) is 36.0 Å². The maximum absolute atomic E-state index is 13.5. The number of hydrogen-bond acceptors (Lipinski definition) is 6. The van der Waals surface area contributed by atoms with Crippen molar-refractivity contribution in [3.05, 3.63) is 75.7 Å². The highest BCUT2D eigenvalue weighted by Gasteiger charge is 2.36. The molecule has 0 bridgehead atoms. The Morgan fingerprint density at radius 1 is 1.06 bits per heavy atom. The summed E-state index contributed by atoms with van der Waals surface area (Å²) in [5, 5.41) is 6.06. The van der Waals surface area contributed by atoms with Crippen molar-refractivity contribution >= 4 is 50.3 Å². The second-order valence-corrected chi connectivity index (χ2v) is 10.3. The molecule has 0 atom stereocenters. The normalized spacial score (nSPS) is 12.1. The van der Waals surface area contributed by atoms with E-state index in [1.165, 1.54) is 50.4 Å². The molecule has 0 aliphatic carbocycles. The van der Waals surface area contributed by atoms with E-state index in [1.807, 2.05) is 0 Å². The predicted molar refractivity (Wildman–Crippen MR) is 126 cm³/mol. The highest BCUT2D eigenvalue weighted by molar-refractivity contribution is 7.91. The molecule has 1 amide bonds. The SMILES string of the molecule is COc1cc(NC(=O)c2nn3c(C(F)(F)F)cc(C)nc3c2Cl)cc(S(=O)(=O)c2ccc(Cl)cc2)c1. The second kappa shape index (κ2) is 9.26. The van der Waals surface area contributed by atoms with E-state index in [2.05, 4.69) is 15.4 Å². The van der Waals surface area contributed by atoms with Gasteiger partial charge in [0.05, 0.1) is 16.9 Å². The fourth-order valence-corrected chi connectivity index (χ4v) is 5.01. The summed E-state index contributed by atoms with van der Waals surface area (Å²) in [4.78, 5) is 16.6. The summed E-state index contributed by atoms with van der Waals surface area (Å²) in [5.41, 5.74) is -2.06. The van der Waals surface area contributed by atoms with Crippen molar-refractivity contribution < 1.29 is 31.1 Å². The maximum atomic E-state index is 13.5. The molecule has 1 N–H and O–H groups in total. The van der Waals surface area contributed by atoms with Gasteiger partial charge in [-0.1, -0.05) is 23.2 Å². The van der Waals surface area contributed by atoms with Gasteiger partial charge in [0.1, 0.15) is 16.5 Å². The molecule has 0 spiro atoms. The number of alkyl halides is 3. The molecule has 14 heteroatoms. The van der Waals surface area contributed by atoms with Crippen molar-refractivity contribution in [3.63, 3.8) is 0 Å². The van der Waals surface area contributed by atoms with Gasteiger partial charge < -0.3 is 10.1 Å². The number of benzene rings is 2. The molecular formula is C22H15Cl2F3N4O4S. The Balaban J connectivity index is 1.75. The Hall–Kier alpha value is -3.35. The number of fused-ring (bicyclic) bond motifs is 1. The summed E-state index contributed by atoms with van der Waals surface area (Å²) in [6.45, 7) is 1.34. The molecule has 0 saturated carbocycles. The van der Waals surface area contributed by atoms with Gasteiger partial charge in [0, 0.05) is 22.5 Å². The number of nitrogens with one attached hydrogen (secondary N) is 1. The van der Waals surface area contributed by atoms with E-state index in [0.717, 1.165) is 12.1 Å². The van der Waals surface area contributed by atoms with E-state index in [1.54, 1.807) is 0 Å². The van der Waals surface area contributed by atoms with Gasteiger partial charge in [0.25, 0.3) is 5.91 Å². The van der Waals surface area contributed by atoms with E-state index in [-0.39, 0.29) is 32.6 Å². The van der Waals surface area contributed by atoms with E-state index >= 15 is 0 Å². The number of nitrogens with zero attached hydrogens (tertiary/aromatic N) is 3. The zero-order valence-electron chi connectivity index (χ0n) is 18.4. The highest BCUT2D eigenvalue weighted by Crippen LogP contribution is 2.33. The van der Waals surface area contributed by atoms with Crippen LogP contribution >= 0.6 is 23.2 Å². The van der Waals surface area contributed by atoms with Crippen molar-refractivity contribution in [3.8, 4) is 5.75 Å². The molecule has 0 aliphatic heterocycles. The van der Waals surface area contributed by atoms with Crippen LogP contribution in [0.1, 0.15) is 21.9 Å². The van der Waals surface area contributed by atoms with Gasteiger partial charge in [0.2, 0.25) is 9.84 Å². The third kappa shape index (κ3) is 4.84. The lowest BCUT2D eigenvalue weighted by Crippen LogP contribution is -2.16. The number of carbonyl (C=O) groups is 1. The van der Waals surface area contributed by atoms with Gasteiger partial charge in [-0.15, -0.1) is 0 Å². The highest BCUT2D eigenvalue weighted by atomic mass is 35.5. The number of ether oxygens (including phenoxy) is 1. The van der Waals surface area contributed by atoms with Crippen LogP contribution < -0.4 is 10.1 Å². The zero-order valence-corrected chi connectivity index (χ0v) is 20.7. The quantitative estimate of drug-likeness (QED) is 0.349. The average Bonchev–Trinajstić information content (AvgIpc) is 3.14. The first kappa shape index (κ1) is 25.7. The topological polar surface area (TPSA) is 103 Å². The molecule has 0 unspecified atom stereocenters. The van der Waals surface area contributed by atoms with Gasteiger partial charge in [0.15, 0.2) is 11.3 Å².